The molecule has 0 saturated carbocycles. The van der Waals surface area contributed by atoms with E-state index in [4.69, 9.17) is 0 Å². The molecule has 2 aromatic rings. The third-order valence-electron chi connectivity index (χ3n) is 3.78. The molecular formula is C16H16F3N3O. The van der Waals surface area contributed by atoms with Gasteiger partial charge in [0.15, 0.2) is 11.6 Å². The molecule has 0 spiro atoms. The fourth-order valence-corrected chi connectivity index (χ4v) is 2.65. The highest BCUT2D eigenvalue weighted by Crippen LogP contribution is 2.28. The summed E-state index contributed by atoms with van der Waals surface area (Å²) in [7, 11) is 0. The second-order valence-electron chi connectivity index (χ2n) is 5.33. The number of benzene rings is 1. The molecular weight excluding hydrogens is 307 g/mol. The third kappa shape index (κ3) is 3.72. The number of ether oxygens (including phenoxy) is 1. The van der Waals surface area contributed by atoms with Crippen molar-refractivity contribution in [1.82, 2.24) is 9.97 Å². The van der Waals surface area contributed by atoms with Gasteiger partial charge in [-0.3, -0.25) is 0 Å². The largest absolute Gasteiger partial charge is 0.432 e. The number of aromatic nitrogens is 2. The smallest absolute Gasteiger partial charge is 0.387 e. The van der Waals surface area contributed by atoms with Gasteiger partial charge in [0, 0.05) is 24.7 Å². The Morgan fingerprint density at radius 1 is 1.04 bits per heavy atom. The van der Waals surface area contributed by atoms with Crippen LogP contribution in [0.25, 0.3) is 11.3 Å². The monoisotopic (exact) mass is 323 g/mol. The summed E-state index contributed by atoms with van der Waals surface area (Å²) in [6.45, 7) is -1.21. The van der Waals surface area contributed by atoms with Gasteiger partial charge >= 0.3 is 6.61 Å². The van der Waals surface area contributed by atoms with E-state index in [2.05, 4.69) is 19.6 Å². The molecule has 0 N–H and O–H groups in total. The summed E-state index contributed by atoms with van der Waals surface area (Å²) in [5.74, 6) is -0.537. The molecule has 1 aromatic carbocycles. The lowest BCUT2D eigenvalue weighted by Gasteiger charge is -2.27. The van der Waals surface area contributed by atoms with Crippen LogP contribution in [0.2, 0.25) is 0 Å². The van der Waals surface area contributed by atoms with Gasteiger partial charge in [-0.2, -0.15) is 8.78 Å². The summed E-state index contributed by atoms with van der Waals surface area (Å²) in [4.78, 5) is 10.6. The quantitative estimate of drug-likeness (QED) is 0.856. The molecule has 7 heteroatoms. The van der Waals surface area contributed by atoms with Crippen LogP contribution in [-0.4, -0.2) is 29.7 Å². The van der Waals surface area contributed by atoms with Gasteiger partial charge in [0.25, 0.3) is 0 Å². The van der Waals surface area contributed by atoms with Crippen LogP contribution in [0.4, 0.5) is 19.0 Å². The van der Waals surface area contributed by atoms with Crippen molar-refractivity contribution in [2.75, 3.05) is 18.0 Å². The second-order valence-corrected chi connectivity index (χ2v) is 5.33. The lowest BCUT2D eigenvalue weighted by molar-refractivity contribution is -0.0521. The van der Waals surface area contributed by atoms with Gasteiger partial charge in [-0.25, -0.2) is 14.4 Å². The fraction of sp³-hybridized carbons (Fsp3) is 0.375. The van der Waals surface area contributed by atoms with E-state index in [1.54, 1.807) is 6.07 Å². The Balaban J connectivity index is 1.89. The van der Waals surface area contributed by atoms with Crippen LogP contribution in [0.1, 0.15) is 19.3 Å². The Morgan fingerprint density at radius 3 is 2.57 bits per heavy atom. The molecule has 1 fully saturated rings. The zero-order valence-electron chi connectivity index (χ0n) is 12.4. The van der Waals surface area contributed by atoms with E-state index < -0.39 is 18.2 Å². The van der Waals surface area contributed by atoms with E-state index in [-0.39, 0.29) is 0 Å². The van der Waals surface area contributed by atoms with Crippen LogP contribution in [-0.2, 0) is 0 Å². The van der Waals surface area contributed by atoms with E-state index >= 15 is 0 Å². The van der Waals surface area contributed by atoms with Gasteiger partial charge in [-0.15, -0.1) is 0 Å². The molecule has 1 aliphatic heterocycles. The van der Waals surface area contributed by atoms with Crippen molar-refractivity contribution in [3.05, 3.63) is 36.4 Å². The van der Waals surface area contributed by atoms with Crippen molar-refractivity contribution < 1.29 is 17.9 Å². The Kier molecular flexibility index (Phi) is 4.64. The van der Waals surface area contributed by atoms with Crippen LogP contribution in [0.15, 0.2) is 30.6 Å². The van der Waals surface area contributed by atoms with Crippen molar-refractivity contribution in [2.45, 2.75) is 25.9 Å². The second kappa shape index (κ2) is 6.85. The maximum atomic E-state index is 13.5. The summed E-state index contributed by atoms with van der Waals surface area (Å²) in [5.41, 5.74) is 1.04. The Hall–Kier alpha value is -2.31. The Morgan fingerprint density at radius 2 is 1.83 bits per heavy atom. The number of anilines is 1. The van der Waals surface area contributed by atoms with E-state index in [0.717, 1.165) is 37.8 Å². The molecule has 1 aromatic heterocycles. The number of rotatable bonds is 4. The molecule has 1 aliphatic rings. The Bertz CT molecular complexity index is 675. The predicted molar refractivity (Wildman–Crippen MR) is 80.1 cm³/mol. The summed E-state index contributed by atoms with van der Waals surface area (Å²) >= 11 is 0. The molecule has 0 radical (unpaired) electrons. The Labute approximate surface area is 131 Å². The lowest BCUT2D eigenvalue weighted by atomic mass is 10.1. The summed E-state index contributed by atoms with van der Waals surface area (Å²) in [6.07, 6.45) is 4.86. The zero-order valence-corrected chi connectivity index (χ0v) is 12.4. The first-order valence-electron chi connectivity index (χ1n) is 7.45. The standard InChI is InChI=1S/C16H16F3N3O/c17-12-5-4-11(8-14(12)23-16(18)19)13-9-15(21-10-20-13)22-6-2-1-3-7-22/h4-5,8-10,16H,1-3,6-7H2. The lowest BCUT2D eigenvalue weighted by Crippen LogP contribution is -2.30. The average molecular weight is 323 g/mol. The van der Waals surface area contributed by atoms with E-state index in [1.165, 1.54) is 24.9 Å². The van der Waals surface area contributed by atoms with E-state index in [9.17, 15) is 13.2 Å². The van der Waals surface area contributed by atoms with Crippen LogP contribution < -0.4 is 9.64 Å². The van der Waals surface area contributed by atoms with Gasteiger partial charge < -0.3 is 9.64 Å². The van der Waals surface area contributed by atoms with Gasteiger partial charge in [-0.1, -0.05) is 0 Å². The highest BCUT2D eigenvalue weighted by Gasteiger charge is 2.15. The maximum Gasteiger partial charge on any atom is 0.387 e. The fourth-order valence-electron chi connectivity index (χ4n) is 2.65. The minimum absolute atomic E-state index is 0.490. The first-order chi connectivity index (χ1) is 11.1. The van der Waals surface area contributed by atoms with E-state index in [1.807, 2.05) is 0 Å². The predicted octanol–water partition coefficient (Wildman–Crippen LogP) is 3.87. The molecule has 0 unspecified atom stereocenters. The number of hydrogen-bond donors (Lipinski definition) is 0. The first-order valence-corrected chi connectivity index (χ1v) is 7.45. The van der Waals surface area contributed by atoms with Crippen LogP contribution in [0.3, 0.4) is 0 Å². The van der Waals surface area contributed by atoms with Gasteiger partial charge in [0.1, 0.15) is 12.1 Å². The molecule has 122 valence electrons. The third-order valence-corrected chi connectivity index (χ3v) is 3.78. The number of nitrogens with zero attached hydrogens (tertiary/aromatic N) is 3. The zero-order chi connectivity index (χ0) is 16.2. The SMILES string of the molecule is Fc1ccc(-c2cc(N3CCCCC3)ncn2)cc1OC(F)F. The normalized spacial score (nSPS) is 15.0. The molecule has 3 rings (SSSR count). The number of halogens is 3. The summed E-state index contributed by atoms with van der Waals surface area (Å²) in [6, 6.07) is 5.58. The molecule has 0 aliphatic carbocycles. The molecule has 0 amide bonds. The topological polar surface area (TPSA) is 38.2 Å². The van der Waals surface area contributed by atoms with Crippen molar-refractivity contribution in [3.63, 3.8) is 0 Å². The number of hydrogen-bond acceptors (Lipinski definition) is 4. The molecule has 1 saturated heterocycles. The van der Waals surface area contributed by atoms with Crippen molar-refractivity contribution in [3.8, 4) is 17.0 Å². The maximum absolute atomic E-state index is 13.5. The van der Waals surface area contributed by atoms with Crippen molar-refractivity contribution in [1.29, 1.82) is 0 Å². The average Bonchev–Trinajstić information content (AvgIpc) is 2.57. The molecule has 0 bridgehead atoms. The number of piperidine rings is 1. The van der Waals surface area contributed by atoms with Crippen molar-refractivity contribution >= 4 is 5.82 Å². The van der Waals surface area contributed by atoms with Crippen molar-refractivity contribution in [2.24, 2.45) is 0 Å². The highest BCUT2D eigenvalue weighted by atomic mass is 19.3. The summed E-state index contributed by atoms with van der Waals surface area (Å²) in [5, 5.41) is 0. The summed E-state index contributed by atoms with van der Waals surface area (Å²) < 4.78 is 42.3. The van der Waals surface area contributed by atoms with Gasteiger partial charge in [0.2, 0.25) is 0 Å². The van der Waals surface area contributed by atoms with Crippen LogP contribution >= 0.6 is 0 Å². The molecule has 0 atom stereocenters. The van der Waals surface area contributed by atoms with Crippen LogP contribution in [0, 0.1) is 5.82 Å². The number of alkyl halides is 2. The minimum atomic E-state index is -3.07. The van der Waals surface area contributed by atoms with Gasteiger partial charge in [-0.05, 0) is 37.5 Å². The first kappa shape index (κ1) is 15.6. The molecule has 4 nitrogen and oxygen atoms in total. The minimum Gasteiger partial charge on any atom is -0.432 e. The van der Waals surface area contributed by atoms with Crippen LogP contribution in [0.5, 0.6) is 5.75 Å². The van der Waals surface area contributed by atoms with Gasteiger partial charge in [0.05, 0.1) is 5.69 Å². The molecule has 23 heavy (non-hydrogen) atoms. The van der Waals surface area contributed by atoms with E-state index in [0.29, 0.717) is 11.3 Å². The molecule has 2 heterocycles. The highest BCUT2D eigenvalue weighted by molar-refractivity contribution is 5.64.